The summed E-state index contributed by atoms with van der Waals surface area (Å²) in [5.74, 6) is 1.54. The lowest BCUT2D eigenvalue weighted by Gasteiger charge is -2.29. The van der Waals surface area contributed by atoms with E-state index in [2.05, 4.69) is 4.90 Å². The number of likely N-dealkylation sites (N-methyl/N-ethyl adjacent to an activating group) is 1. The molecule has 2 aliphatic rings. The number of morpholine rings is 1. The standard InChI is InChI=1S/C19H28N2O5/c1-3-21(19(22)24-11-8-20-6-9-23-10-7-20)15(2)12-16-4-5-17-18(13-16)26-14-25-17/h4-5,13,15H,3,6-12,14H2,1-2H3. The van der Waals surface area contributed by atoms with Crippen LogP contribution in [0.3, 0.4) is 0 Å². The molecule has 144 valence electrons. The molecule has 1 unspecified atom stereocenters. The molecule has 0 aromatic heterocycles. The summed E-state index contributed by atoms with van der Waals surface area (Å²) in [6.45, 7) is 9.35. The van der Waals surface area contributed by atoms with Crippen LogP contribution in [0.4, 0.5) is 4.79 Å². The zero-order valence-corrected chi connectivity index (χ0v) is 15.6. The second-order valence-electron chi connectivity index (χ2n) is 6.60. The molecule has 3 rings (SSSR count). The Labute approximate surface area is 154 Å². The van der Waals surface area contributed by atoms with E-state index in [1.807, 2.05) is 32.0 Å². The molecule has 1 saturated heterocycles. The van der Waals surface area contributed by atoms with E-state index in [0.29, 0.717) is 13.2 Å². The first-order chi connectivity index (χ1) is 12.7. The smallest absolute Gasteiger partial charge is 0.410 e. The minimum atomic E-state index is -0.256. The quantitative estimate of drug-likeness (QED) is 0.739. The van der Waals surface area contributed by atoms with E-state index in [0.717, 1.165) is 56.3 Å². The van der Waals surface area contributed by atoms with Gasteiger partial charge in [0.2, 0.25) is 6.79 Å². The first-order valence-corrected chi connectivity index (χ1v) is 9.29. The van der Waals surface area contributed by atoms with E-state index in [9.17, 15) is 4.79 Å². The molecule has 0 spiro atoms. The summed E-state index contributed by atoms with van der Waals surface area (Å²) < 4.78 is 21.6. The van der Waals surface area contributed by atoms with Crippen LogP contribution < -0.4 is 9.47 Å². The minimum Gasteiger partial charge on any atom is -0.454 e. The van der Waals surface area contributed by atoms with Crippen LogP contribution in [0.1, 0.15) is 19.4 Å². The second-order valence-corrected chi connectivity index (χ2v) is 6.60. The number of carbonyl (C=O) groups excluding carboxylic acids is 1. The number of hydrogen-bond acceptors (Lipinski definition) is 6. The van der Waals surface area contributed by atoms with E-state index in [4.69, 9.17) is 18.9 Å². The Morgan fingerprint density at radius 3 is 2.81 bits per heavy atom. The first-order valence-electron chi connectivity index (χ1n) is 9.29. The van der Waals surface area contributed by atoms with Crippen molar-refractivity contribution in [2.45, 2.75) is 26.3 Å². The van der Waals surface area contributed by atoms with Gasteiger partial charge in [0.15, 0.2) is 11.5 Å². The Hall–Kier alpha value is -1.99. The predicted molar refractivity (Wildman–Crippen MR) is 96.7 cm³/mol. The van der Waals surface area contributed by atoms with Crippen molar-refractivity contribution in [3.05, 3.63) is 23.8 Å². The molecule has 7 heteroatoms. The lowest BCUT2D eigenvalue weighted by molar-refractivity contribution is 0.0236. The van der Waals surface area contributed by atoms with Crippen LogP contribution in [-0.2, 0) is 15.9 Å². The molecule has 7 nitrogen and oxygen atoms in total. The molecule has 0 radical (unpaired) electrons. The fourth-order valence-electron chi connectivity index (χ4n) is 3.31. The highest BCUT2D eigenvalue weighted by molar-refractivity contribution is 5.68. The number of amides is 1. The molecule has 0 saturated carbocycles. The maximum atomic E-state index is 12.5. The summed E-state index contributed by atoms with van der Waals surface area (Å²) in [7, 11) is 0. The number of benzene rings is 1. The molecule has 0 aliphatic carbocycles. The van der Waals surface area contributed by atoms with Crippen molar-refractivity contribution >= 4 is 6.09 Å². The highest BCUT2D eigenvalue weighted by atomic mass is 16.7. The van der Waals surface area contributed by atoms with E-state index in [1.165, 1.54) is 0 Å². The lowest BCUT2D eigenvalue weighted by Crippen LogP contribution is -2.42. The second kappa shape index (κ2) is 9.09. The van der Waals surface area contributed by atoms with Gasteiger partial charge in [0.05, 0.1) is 13.2 Å². The highest BCUT2D eigenvalue weighted by Crippen LogP contribution is 2.33. The summed E-state index contributed by atoms with van der Waals surface area (Å²) in [6, 6.07) is 5.95. The number of carbonyl (C=O) groups is 1. The van der Waals surface area contributed by atoms with Gasteiger partial charge in [0, 0.05) is 32.2 Å². The Balaban J connectivity index is 1.47. The number of hydrogen-bond donors (Lipinski definition) is 0. The molecule has 26 heavy (non-hydrogen) atoms. The van der Waals surface area contributed by atoms with Crippen molar-refractivity contribution < 1.29 is 23.7 Å². The number of ether oxygens (including phenoxy) is 4. The van der Waals surface area contributed by atoms with Crippen LogP contribution in [0.2, 0.25) is 0 Å². The van der Waals surface area contributed by atoms with Gasteiger partial charge in [0.1, 0.15) is 6.61 Å². The summed E-state index contributed by atoms with van der Waals surface area (Å²) in [6.07, 6.45) is 0.484. The fraction of sp³-hybridized carbons (Fsp3) is 0.632. The van der Waals surface area contributed by atoms with Crippen molar-refractivity contribution in [1.29, 1.82) is 0 Å². The molecule has 1 atom stereocenters. The third-order valence-corrected chi connectivity index (χ3v) is 4.81. The van der Waals surface area contributed by atoms with Gasteiger partial charge in [-0.1, -0.05) is 6.07 Å². The molecule has 1 amide bonds. The molecular weight excluding hydrogens is 336 g/mol. The van der Waals surface area contributed by atoms with E-state index < -0.39 is 0 Å². The molecule has 1 aromatic rings. The average Bonchev–Trinajstić information content (AvgIpc) is 3.11. The lowest BCUT2D eigenvalue weighted by atomic mass is 10.1. The predicted octanol–water partition coefficient (Wildman–Crippen LogP) is 2.14. The zero-order valence-electron chi connectivity index (χ0n) is 15.6. The first kappa shape index (κ1) is 18.8. The topological polar surface area (TPSA) is 60.5 Å². The minimum absolute atomic E-state index is 0.0382. The van der Waals surface area contributed by atoms with Crippen molar-refractivity contribution in [3.63, 3.8) is 0 Å². The highest BCUT2D eigenvalue weighted by Gasteiger charge is 2.22. The van der Waals surface area contributed by atoms with Crippen LogP contribution in [-0.4, -0.2) is 74.7 Å². The Morgan fingerprint density at radius 2 is 2.04 bits per heavy atom. The van der Waals surface area contributed by atoms with Gasteiger partial charge in [-0.2, -0.15) is 0 Å². The average molecular weight is 364 g/mol. The Bertz CT molecular complexity index is 604. The van der Waals surface area contributed by atoms with Gasteiger partial charge < -0.3 is 23.8 Å². The number of rotatable bonds is 7. The molecule has 1 fully saturated rings. The Morgan fingerprint density at radius 1 is 1.27 bits per heavy atom. The number of fused-ring (bicyclic) bond motifs is 1. The summed E-state index contributed by atoms with van der Waals surface area (Å²) >= 11 is 0. The van der Waals surface area contributed by atoms with Crippen LogP contribution in [0.5, 0.6) is 11.5 Å². The van der Waals surface area contributed by atoms with Gasteiger partial charge in [-0.15, -0.1) is 0 Å². The van der Waals surface area contributed by atoms with Gasteiger partial charge in [0.25, 0.3) is 0 Å². The normalized spacial score (nSPS) is 17.8. The van der Waals surface area contributed by atoms with Crippen LogP contribution in [0.15, 0.2) is 18.2 Å². The van der Waals surface area contributed by atoms with Crippen molar-refractivity contribution in [2.24, 2.45) is 0 Å². The number of nitrogens with zero attached hydrogens (tertiary/aromatic N) is 2. The molecule has 2 aliphatic heterocycles. The SMILES string of the molecule is CCN(C(=O)OCCN1CCOCC1)C(C)Cc1ccc2c(c1)OCO2. The molecule has 2 heterocycles. The van der Waals surface area contributed by atoms with Gasteiger partial charge in [-0.25, -0.2) is 4.79 Å². The van der Waals surface area contributed by atoms with Crippen LogP contribution in [0.25, 0.3) is 0 Å². The third-order valence-electron chi connectivity index (χ3n) is 4.81. The van der Waals surface area contributed by atoms with Crippen molar-refractivity contribution in [1.82, 2.24) is 9.80 Å². The largest absolute Gasteiger partial charge is 0.454 e. The summed E-state index contributed by atoms with van der Waals surface area (Å²) in [5.41, 5.74) is 1.11. The van der Waals surface area contributed by atoms with Crippen LogP contribution in [0, 0.1) is 0 Å². The monoisotopic (exact) mass is 364 g/mol. The Kier molecular flexibility index (Phi) is 6.57. The summed E-state index contributed by atoms with van der Waals surface area (Å²) in [5, 5.41) is 0. The molecular formula is C19H28N2O5. The van der Waals surface area contributed by atoms with E-state index in [1.54, 1.807) is 4.90 Å². The van der Waals surface area contributed by atoms with Gasteiger partial charge in [-0.05, 0) is 38.0 Å². The molecule has 0 N–H and O–H groups in total. The van der Waals surface area contributed by atoms with E-state index in [-0.39, 0.29) is 18.9 Å². The fourth-order valence-corrected chi connectivity index (χ4v) is 3.31. The zero-order chi connectivity index (χ0) is 18.4. The van der Waals surface area contributed by atoms with Crippen molar-refractivity contribution in [3.8, 4) is 11.5 Å². The van der Waals surface area contributed by atoms with E-state index >= 15 is 0 Å². The van der Waals surface area contributed by atoms with Crippen LogP contribution >= 0.6 is 0 Å². The van der Waals surface area contributed by atoms with Gasteiger partial charge >= 0.3 is 6.09 Å². The molecule has 1 aromatic carbocycles. The van der Waals surface area contributed by atoms with Gasteiger partial charge in [-0.3, -0.25) is 4.90 Å². The summed E-state index contributed by atoms with van der Waals surface area (Å²) in [4.78, 5) is 16.5. The maximum Gasteiger partial charge on any atom is 0.410 e. The molecule has 0 bridgehead atoms. The maximum absolute atomic E-state index is 12.5. The third kappa shape index (κ3) is 4.80. The van der Waals surface area contributed by atoms with Crippen molar-refractivity contribution in [2.75, 3.05) is 52.8 Å².